The van der Waals surface area contributed by atoms with Gasteiger partial charge in [0.2, 0.25) is 0 Å². The molecule has 178 valence electrons. The van der Waals surface area contributed by atoms with Crippen LogP contribution >= 0.6 is 0 Å². The number of methoxy groups -OCH3 is 1. The van der Waals surface area contributed by atoms with Crippen molar-refractivity contribution in [2.24, 2.45) is 5.92 Å². The molecule has 1 atom stereocenters. The van der Waals surface area contributed by atoms with Gasteiger partial charge in [0.1, 0.15) is 5.69 Å². The maximum Gasteiger partial charge on any atom is 0.273 e. The first-order valence-corrected chi connectivity index (χ1v) is 12.4. The molecular weight excluding hydrogens is 426 g/mol. The monoisotopic (exact) mass is 459 g/mol. The van der Waals surface area contributed by atoms with Crippen molar-refractivity contribution in [3.63, 3.8) is 0 Å². The fourth-order valence-electron chi connectivity index (χ4n) is 5.25. The van der Waals surface area contributed by atoms with Gasteiger partial charge in [0.25, 0.3) is 5.91 Å². The second-order valence-electron chi connectivity index (χ2n) is 9.72. The number of rotatable bonds is 8. The Labute approximate surface area is 201 Å². The van der Waals surface area contributed by atoms with Crippen LogP contribution in [0.5, 0.6) is 11.5 Å². The summed E-state index contributed by atoms with van der Waals surface area (Å²) in [5.41, 5.74) is 4.42. The van der Waals surface area contributed by atoms with Gasteiger partial charge in [-0.05, 0) is 42.9 Å². The van der Waals surface area contributed by atoms with Crippen molar-refractivity contribution in [3.05, 3.63) is 65.4 Å². The molecule has 2 aromatic carbocycles. The first kappa shape index (κ1) is 22.5. The van der Waals surface area contributed by atoms with Crippen molar-refractivity contribution in [2.75, 3.05) is 13.7 Å². The van der Waals surface area contributed by atoms with Gasteiger partial charge in [-0.2, -0.15) is 5.10 Å². The molecule has 5 rings (SSSR count). The number of ether oxygens (including phenoxy) is 2. The van der Waals surface area contributed by atoms with Gasteiger partial charge in [-0.1, -0.05) is 63.1 Å². The number of nitrogens with zero attached hydrogens (tertiary/aromatic N) is 2. The lowest BCUT2D eigenvalue weighted by Crippen LogP contribution is -2.37. The summed E-state index contributed by atoms with van der Waals surface area (Å²) in [5.74, 6) is 2.04. The van der Waals surface area contributed by atoms with Crippen LogP contribution in [-0.2, 0) is 0 Å². The quantitative estimate of drug-likeness (QED) is 0.449. The van der Waals surface area contributed by atoms with Crippen LogP contribution in [-0.4, -0.2) is 40.8 Å². The zero-order valence-corrected chi connectivity index (χ0v) is 20.2. The highest BCUT2D eigenvalue weighted by Gasteiger charge is 2.45. The molecule has 1 aliphatic carbocycles. The molecule has 1 N–H and O–H groups in total. The van der Waals surface area contributed by atoms with Crippen LogP contribution in [0.15, 0.2) is 48.5 Å². The Morgan fingerprint density at radius 3 is 2.56 bits per heavy atom. The second kappa shape index (κ2) is 9.53. The maximum atomic E-state index is 13.6. The van der Waals surface area contributed by atoms with Gasteiger partial charge < -0.3 is 14.4 Å². The first-order valence-electron chi connectivity index (χ1n) is 12.4. The number of amides is 1. The van der Waals surface area contributed by atoms with Crippen molar-refractivity contribution >= 4 is 5.91 Å². The minimum atomic E-state index is -0.210. The molecule has 3 aromatic rings. The van der Waals surface area contributed by atoms with E-state index < -0.39 is 0 Å². The molecule has 34 heavy (non-hydrogen) atoms. The number of carbonyl (C=O) groups excluding carboxylic acids is 1. The lowest BCUT2D eigenvalue weighted by Gasteiger charge is -2.32. The summed E-state index contributed by atoms with van der Waals surface area (Å²) in [6.07, 6.45) is 5.37. The number of fused-ring (bicyclic) bond motifs is 1. The van der Waals surface area contributed by atoms with E-state index in [1.165, 1.54) is 0 Å². The molecule has 1 saturated carbocycles. The minimum absolute atomic E-state index is 0.0396. The van der Waals surface area contributed by atoms with Crippen LogP contribution in [0.3, 0.4) is 0 Å². The molecule has 1 aromatic heterocycles. The third kappa shape index (κ3) is 4.06. The molecule has 6 nitrogen and oxygen atoms in total. The minimum Gasteiger partial charge on any atom is -0.493 e. The van der Waals surface area contributed by atoms with Gasteiger partial charge in [0, 0.05) is 17.2 Å². The summed E-state index contributed by atoms with van der Waals surface area (Å²) in [6.45, 7) is 5.02. The lowest BCUT2D eigenvalue weighted by atomic mass is 9.95. The number of aromatic amines is 1. The number of benzene rings is 2. The predicted octanol–water partition coefficient (Wildman–Crippen LogP) is 6.00. The molecule has 2 heterocycles. The Morgan fingerprint density at radius 2 is 1.85 bits per heavy atom. The fraction of sp³-hybridized carbons (Fsp3) is 0.429. The molecule has 0 saturated heterocycles. The van der Waals surface area contributed by atoms with E-state index in [-0.39, 0.29) is 18.0 Å². The molecular formula is C28H33N3O3. The summed E-state index contributed by atoms with van der Waals surface area (Å²) in [5, 5.41) is 7.65. The number of carbonyl (C=O) groups is 1. The van der Waals surface area contributed by atoms with Crippen LogP contribution in [0.25, 0.3) is 11.3 Å². The van der Waals surface area contributed by atoms with E-state index in [1.807, 2.05) is 42.5 Å². The predicted molar refractivity (Wildman–Crippen MR) is 132 cm³/mol. The average Bonchev–Trinajstić information content (AvgIpc) is 3.57. The number of H-pyrrole nitrogens is 1. The lowest BCUT2D eigenvalue weighted by molar-refractivity contribution is 0.0660. The van der Waals surface area contributed by atoms with Crippen LogP contribution in [0.4, 0.5) is 0 Å². The molecule has 0 bridgehead atoms. The SMILES string of the molecule is COc1cc(C2c3c(-c4ccccc4)n[nH]c3C(=O)N2C2CCCC2)ccc1OCCC(C)C. The Morgan fingerprint density at radius 1 is 1.09 bits per heavy atom. The highest BCUT2D eigenvalue weighted by atomic mass is 16.5. The fourth-order valence-corrected chi connectivity index (χ4v) is 5.25. The molecule has 0 radical (unpaired) electrons. The summed E-state index contributed by atoms with van der Waals surface area (Å²) in [4.78, 5) is 15.7. The van der Waals surface area contributed by atoms with Crippen LogP contribution < -0.4 is 9.47 Å². The summed E-state index contributed by atoms with van der Waals surface area (Å²) >= 11 is 0. The maximum absolute atomic E-state index is 13.6. The van der Waals surface area contributed by atoms with Gasteiger partial charge in [-0.15, -0.1) is 0 Å². The average molecular weight is 460 g/mol. The Hall–Kier alpha value is -3.28. The van der Waals surface area contributed by atoms with E-state index in [2.05, 4.69) is 35.0 Å². The van der Waals surface area contributed by atoms with E-state index in [1.54, 1.807) is 7.11 Å². The molecule has 0 spiro atoms. The highest BCUT2D eigenvalue weighted by molar-refractivity contribution is 6.00. The van der Waals surface area contributed by atoms with Crippen molar-refractivity contribution in [1.29, 1.82) is 0 Å². The van der Waals surface area contributed by atoms with Crippen LogP contribution in [0.2, 0.25) is 0 Å². The normalized spacial score (nSPS) is 18.1. The van der Waals surface area contributed by atoms with Crippen molar-refractivity contribution < 1.29 is 14.3 Å². The largest absolute Gasteiger partial charge is 0.493 e. The Bertz CT molecular complexity index is 1150. The summed E-state index contributed by atoms with van der Waals surface area (Å²) in [7, 11) is 1.67. The second-order valence-corrected chi connectivity index (χ2v) is 9.72. The van der Waals surface area contributed by atoms with E-state index in [0.29, 0.717) is 24.0 Å². The van der Waals surface area contributed by atoms with Crippen molar-refractivity contribution in [2.45, 2.75) is 58.0 Å². The summed E-state index contributed by atoms with van der Waals surface area (Å²) in [6, 6.07) is 16.2. The van der Waals surface area contributed by atoms with E-state index in [0.717, 1.165) is 60.2 Å². The molecule has 1 unspecified atom stereocenters. The number of nitrogens with one attached hydrogen (secondary N) is 1. The molecule has 1 aliphatic heterocycles. The van der Waals surface area contributed by atoms with Gasteiger partial charge in [0.05, 0.1) is 25.5 Å². The first-order chi connectivity index (χ1) is 16.6. The Kier molecular flexibility index (Phi) is 6.31. The van der Waals surface area contributed by atoms with Gasteiger partial charge >= 0.3 is 0 Å². The van der Waals surface area contributed by atoms with Gasteiger partial charge in [-0.3, -0.25) is 9.89 Å². The van der Waals surface area contributed by atoms with E-state index >= 15 is 0 Å². The van der Waals surface area contributed by atoms with Crippen molar-refractivity contribution in [3.8, 4) is 22.8 Å². The third-order valence-electron chi connectivity index (χ3n) is 7.03. The van der Waals surface area contributed by atoms with E-state index in [4.69, 9.17) is 9.47 Å². The zero-order valence-electron chi connectivity index (χ0n) is 20.2. The van der Waals surface area contributed by atoms with E-state index in [9.17, 15) is 4.79 Å². The number of hydrogen-bond acceptors (Lipinski definition) is 4. The number of aromatic nitrogens is 2. The molecule has 1 fully saturated rings. The van der Waals surface area contributed by atoms with Crippen molar-refractivity contribution in [1.82, 2.24) is 15.1 Å². The smallest absolute Gasteiger partial charge is 0.273 e. The third-order valence-corrected chi connectivity index (χ3v) is 7.03. The highest BCUT2D eigenvalue weighted by Crippen LogP contribution is 2.47. The van der Waals surface area contributed by atoms with Crippen LogP contribution in [0, 0.1) is 5.92 Å². The molecule has 2 aliphatic rings. The van der Waals surface area contributed by atoms with Gasteiger partial charge in [-0.25, -0.2) is 0 Å². The standard InChI is InChI=1S/C28H33N3O3/c1-18(2)15-16-34-22-14-13-20(17-23(22)33-3)27-24-25(19-9-5-4-6-10-19)29-30-26(24)28(32)31(27)21-11-7-8-12-21/h4-6,9-10,13-14,17-18,21,27H,7-8,11-12,15-16H2,1-3H3,(H,29,30). The topological polar surface area (TPSA) is 67.5 Å². The van der Waals surface area contributed by atoms with Crippen LogP contribution in [0.1, 0.15) is 73.6 Å². The summed E-state index contributed by atoms with van der Waals surface area (Å²) < 4.78 is 11.8. The number of hydrogen-bond donors (Lipinski definition) is 1. The zero-order chi connectivity index (χ0) is 23.7. The Balaban J connectivity index is 1.57. The van der Waals surface area contributed by atoms with Gasteiger partial charge in [0.15, 0.2) is 11.5 Å². The molecule has 1 amide bonds. The molecule has 6 heteroatoms.